The van der Waals surface area contributed by atoms with Gasteiger partial charge in [-0.2, -0.15) is 13.2 Å². The molecule has 0 heterocycles. The number of carbonyl (C=O) groups excluding carboxylic acids is 3. The van der Waals surface area contributed by atoms with Gasteiger partial charge in [0.05, 0.1) is 6.04 Å². The molecule has 2 rings (SSSR count). The van der Waals surface area contributed by atoms with Gasteiger partial charge in [0.2, 0.25) is 11.7 Å². The van der Waals surface area contributed by atoms with E-state index in [1.807, 2.05) is 0 Å². The van der Waals surface area contributed by atoms with Crippen LogP contribution in [0.1, 0.15) is 31.4 Å². The van der Waals surface area contributed by atoms with Gasteiger partial charge in [0.15, 0.2) is 5.78 Å². The van der Waals surface area contributed by atoms with Crippen LogP contribution in [0.2, 0.25) is 15.1 Å². The number of hydrogen-bond donors (Lipinski definition) is 1. The van der Waals surface area contributed by atoms with E-state index in [1.54, 1.807) is 36.4 Å². The summed E-state index contributed by atoms with van der Waals surface area (Å²) >= 11 is 17.8. The molecule has 2 aromatic rings. The second-order valence-corrected chi connectivity index (χ2v) is 9.62. The van der Waals surface area contributed by atoms with Crippen molar-refractivity contribution in [2.24, 2.45) is 11.8 Å². The molecule has 0 aliphatic heterocycles. The number of carbonyl (C=O) groups is 3. The molecule has 0 aliphatic carbocycles. The van der Waals surface area contributed by atoms with Crippen molar-refractivity contribution in [3.63, 3.8) is 0 Å². The minimum absolute atomic E-state index is 0.00357. The topological polar surface area (TPSA) is 63.2 Å². The smallest absolute Gasteiger partial charge is 0.342 e. The maximum atomic E-state index is 13.1. The summed E-state index contributed by atoms with van der Waals surface area (Å²) < 4.78 is 39.2. The van der Waals surface area contributed by atoms with Crippen LogP contribution in [-0.2, 0) is 20.8 Å². The predicted octanol–water partition coefficient (Wildman–Crippen LogP) is 6.75. The van der Waals surface area contributed by atoms with Crippen LogP contribution < -0.4 is 5.32 Å². The van der Waals surface area contributed by atoms with Gasteiger partial charge < -0.3 is 5.32 Å². The van der Waals surface area contributed by atoms with Crippen LogP contribution in [0.15, 0.2) is 48.5 Å². The standard InChI is InChI=1S/C25H23Cl3F3NO3/c1-14(2)20(24(35)25(29,30)31)13-22(33)21(11-15-3-6-17(26)7-4-15)32-23(34)8-5-16-9-18(27)12-19(28)10-16/h3-10,12,14,20-21H,11,13H2,1-2H3,(H,32,34)/b8-5+/t20-,21-/m0/s1. The normalized spacial score (nSPS) is 13.6. The van der Waals surface area contributed by atoms with Gasteiger partial charge in [-0.15, -0.1) is 0 Å². The second-order valence-electron chi connectivity index (χ2n) is 8.31. The average molecular weight is 549 g/mol. The summed E-state index contributed by atoms with van der Waals surface area (Å²) in [6, 6.07) is 9.96. The van der Waals surface area contributed by atoms with Gasteiger partial charge in [0, 0.05) is 33.5 Å². The van der Waals surface area contributed by atoms with Crippen LogP contribution in [0, 0.1) is 11.8 Å². The van der Waals surface area contributed by atoms with Gasteiger partial charge in [0.25, 0.3) is 0 Å². The molecule has 0 radical (unpaired) electrons. The zero-order valence-electron chi connectivity index (χ0n) is 18.8. The molecule has 35 heavy (non-hydrogen) atoms. The summed E-state index contributed by atoms with van der Waals surface area (Å²) in [5.41, 5.74) is 1.16. The molecule has 188 valence electrons. The van der Waals surface area contributed by atoms with Crippen molar-refractivity contribution in [2.75, 3.05) is 0 Å². The first-order chi connectivity index (χ1) is 16.3. The number of halogens is 6. The zero-order valence-corrected chi connectivity index (χ0v) is 21.1. The van der Waals surface area contributed by atoms with Gasteiger partial charge >= 0.3 is 6.18 Å². The van der Waals surface area contributed by atoms with Crippen molar-refractivity contribution in [1.29, 1.82) is 0 Å². The number of amides is 1. The molecule has 2 aromatic carbocycles. The highest BCUT2D eigenvalue weighted by Crippen LogP contribution is 2.28. The first-order valence-electron chi connectivity index (χ1n) is 10.6. The predicted molar refractivity (Wildman–Crippen MR) is 132 cm³/mol. The third-order valence-electron chi connectivity index (χ3n) is 5.21. The van der Waals surface area contributed by atoms with Crippen LogP contribution in [0.25, 0.3) is 6.08 Å². The van der Waals surface area contributed by atoms with E-state index in [0.717, 1.165) is 6.08 Å². The molecule has 0 aliphatic rings. The second kappa shape index (κ2) is 12.6. The Labute approximate surface area is 216 Å². The van der Waals surface area contributed by atoms with E-state index in [9.17, 15) is 27.6 Å². The molecule has 4 nitrogen and oxygen atoms in total. The molecule has 1 amide bonds. The fraction of sp³-hybridized carbons (Fsp3) is 0.320. The number of alkyl halides is 3. The number of benzene rings is 2. The number of hydrogen-bond acceptors (Lipinski definition) is 3. The molecular formula is C25H23Cl3F3NO3. The molecule has 2 atom stereocenters. The summed E-state index contributed by atoms with van der Waals surface area (Å²) in [6.07, 6.45) is -3.14. The molecule has 0 saturated carbocycles. The van der Waals surface area contributed by atoms with Crippen molar-refractivity contribution in [3.05, 3.63) is 74.7 Å². The van der Waals surface area contributed by atoms with Gasteiger partial charge in [-0.1, -0.05) is 60.8 Å². The Morgan fingerprint density at radius 1 is 0.943 bits per heavy atom. The fourth-order valence-electron chi connectivity index (χ4n) is 3.37. The SMILES string of the molecule is CC(C)[C@H](CC(=O)[C@H](Cc1ccc(Cl)cc1)NC(=O)/C=C/c1cc(Cl)cc(Cl)c1)C(=O)C(F)(F)F. The van der Waals surface area contributed by atoms with Gasteiger partial charge in [-0.05, 0) is 59.9 Å². The van der Waals surface area contributed by atoms with E-state index < -0.39 is 47.9 Å². The summed E-state index contributed by atoms with van der Waals surface area (Å²) in [5, 5.41) is 3.72. The van der Waals surface area contributed by atoms with Crippen molar-refractivity contribution in [3.8, 4) is 0 Å². The summed E-state index contributed by atoms with van der Waals surface area (Å²) in [7, 11) is 0. The van der Waals surface area contributed by atoms with Gasteiger partial charge in [-0.25, -0.2) is 0 Å². The number of ketones is 2. The van der Waals surface area contributed by atoms with Crippen molar-refractivity contribution >= 4 is 58.4 Å². The Morgan fingerprint density at radius 3 is 2.03 bits per heavy atom. The quantitative estimate of drug-likeness (QED) is 0.334. The largest absolute Gasteiger partial charge is 0.450 e. The highest BCUT2D eigenvalue weighted by Gasteiger charge is 2.45. The number of rotatable bonds is 10. The third kappa shape index (κ3) is 9.32. The third-order valence-corrected chi connectivity index (χ3v) is 5.90. The Morgan fingerprint density at radius 2 is 1.51 bits per heavy atom. The Kier molecular flexibility index (Phi) is 10.4. The van der Waals surface area contributed by atoms with E-state index >= 15 is 0 Å². The van der Waals surface area contributed by atoms with Crippen LogP contribution in [-0.4, -0.2) is 29.7 Å². The maximum absolute atomic E-state index is 13.1. The van der Waals surface area contributed by atoms with Gasteiger partial charge in [-0.3, -0.25) is 14.4 Å². The molecule has 10 heteroatoms. The lowest BCUT2D eigenvalue weighted by atomic mass is 9.84. The molecule has 1 N–H and O–H groups in total. The number of nitrogens with one attached hydrogen (secondary N) is 1. The number of Topliss-reactive ketones (excluding diaryl/α,β-unsaturated/α-hetero) is 2. The van der Waals surface area contributed by atoms with E-state index in [1.165, 1.54) is 26.0 Å². The lowest BCUT2D eigenvalue weighted by Crippen LogP contribution is -2.44. The Balaban J connectivity index is 2.25. The molecule has 0 saturated heterocycles. The van der Waals surface area contributed by atoms with Crippen LogP contribution >= 0.6 is 34.8 Å². The highest BCUT2D eigenvalue weighted by molar-refractivity contribution is 6.34. The van der Waals surface area contributed by atoms with Gasteiger partial charge in [0.1, 0.15) is 0 Å². The molecule has 0 spiro atoms. The monoisotopic (exact) mass is 547 g/mol. The molecule has 0 aromatic heterocycles. The molecule has 0 fully saturated rings. The van der Waals surface area contributed by atoms with E-state index in [2.05, 4.69) is 5.32 Å². The van der Waals surface area contributed by atoms with E-state index in [0.29, 0.717) is 26.2 Å². The summed E-state index contributed by atoms with van der Waals surface area (Å²) in [6.45, 7) is 2.88. The molecular weight excluding hydrogens is 526 g/mol. The fourth-order valence-corrected chi connectivity index (χ4v) is 4.03. The highest BCUT2D eigenvalue weighted by atomic mass is 35.5. The maximum Gasteiger partial charge on any atom is 0.450 e. The van der Waals surface area contributed by atoms with Crippen LogP contribution in [0.3, 0.4) is 0 Å². The van der Waals surface area contributed by atoms with Crippen LogP contribution in [0.5, 0.6) is 0 Å². The van der Waals surface area contributed by atoms with E-state index in [-0.39, 0.29) is 6.42 Å². The van der Waals surface area contributed by atoms with Crippen LogP contribution in [0.4, 0.5) is 13.2 Å². The van der Waals surface area contributed by atoms with Crippen molar-refractivity contribution in [2.45, 2.75) is 38.9 Å². The Hall–Kier alpha value is -2.35. The minimum Gasteiger partial charge on any atom is -0.342 e. The average Bonchev–Trinajstić information content (AvgIpc) is 2.75. The minimum atomic E-state index is -5.06. The summed E-state index contributed by atoms with van der Waals surface area (Å²) in [4.78, 5) is 37.5. The molecule has 0 bridgehead atoms. The van der Waals surface area contributed by atoms with E-state index in [4.69, 9.17) is 34.8 Å². The Bertz CT molecular complexity index is 1080. The first-order valence-corrected chi connectivity index (χ1v) is 11.7. The molecule has 0 unspecified atom stereocenters. The van der Waals surface area contributed by atoms with Crippen molar-refractivity contribution < 1.29 is 27.6 Å². The van der Waals surface area contributed by atoms with Crippen molar-refractivity contribution in [1.82, 2.24) is 5.32 Å². The first kappa shape index (κ1) is 28.9. The zero-order chi connectivity index (χ0) is 26.3. The lowest BCUT2D eigenvalue weighted by molar-refractivity contribution is -0.177. The lowest BCUT2D eigenvalue weighted by Gasteiger charge is -2.23. The summed E-state index contributed by atoms with van der Waals surface area (Å²) in [5.74, 6) is -5.60.